The Balaban J connectivity index is 1.83. The molecule has 1 unspecified atom stereocenters. The van der Waals surface area contributed by atoms with Gasteiger partial charge in [-0.25, -0.2) is 0 Å². The Hall–Kier alpha value is -1.56. The number of aryl methyl sites for hydroxylation is 1. The number of aromatic nitrogens is 2. The van der Waals surface area contributed by atoms with Gasteiger partial charge in [-0.1, -0.05) is 0 Å². The molecule has 1 saturated heterocycles. The molecule has 6 nitrogen and oxygen atoms in total. The van der Waals surface area contributed by atoms with Crippen LogP contribution in [0, 0.1) is 12.8 Å². The summed E-state index contributed by atoms with van der Waals surface area (Å²) in [6.07, 6.45) is 1.13. The number of nitrogen functional groups attached to an aromatic ring is 1. The maximum absolute atomic E-state index is 12.0. The van der Waals surface area contributed by atoms with E-state index in [1.807, 2.05) is 0 Å². The molecule has 6 heteroatoms. The predicted octanol–water partition coefficient (Wildman–Crippen LogP) is 0.760. The first-order valence-corrected chi connectivity index (χ1v) is 6.81. The van der Waals surface area contributed by atoms with Crippen molar-refractivity contribution in [3.8, 4) is 0 Å². The molecule has 106 valence electrons. The van der Waals surface area contributed by atoms with Crippen LogP contribution in [0.4, 0.5) is 5.69 Å². The zero-order chi connectivity index (χ0) is 14.0. The van der Waals surface area contributed by atoms with Crippen LogP contribution in [-0.4, -0.2) is 46.7 Å². The molecule has 1 aliphatic heterocycles. The quantitative estimate of drug-likeness (QED) is 0.750. The van der Waals surface area contributed by atoms with Gasteiger partial charge in [0.1, 0.15) is 0 Å². The average Bonchev–Trinajstić information content (AvgIpc) is 2.95. The van der Waals surface area contributed by atoms with E-state index in [9.17, 15) is 4.79 Å². The lowest BCUT2D eigenvalue weighted by molar-refractivity contribution is 0.0943. The van der Waals surface area contributed by atoms with E-state index in [4.69, 9.17) is 5.73 Å². The largest absolute Gasteiger partial charge is 0.395 e. The highest BCUT2D eigenvalue weighted by Crippen LogP contribution is 2.18. The minimum atomic E-state index is -0.190. The van der Waals surface area contributed by atoms with Crippen LogP contribution in [0.15, 0.2) is 0 Å². The third-order valence-electron chi connectivity index (χ3n) is 3.81. The zero-order valence-electron chi connectivity index (χ0n) is 11.9. The molecule has 4 N–H and O–H groups in total. The number of nitrogens with zero attached hydrogens (tertiary/aromatic N) is 2. The Bertz CT molecular complexity index is 454. The van der Waals surface area contributed by atoms with Gasteiger partial charge in [-0.3, -0.25) is 9.89 Å². The van der Waals surface area contributed by atoms with Crippen LogP contribution in [0.2, 0.25) is 0 Å². The highest BCUT2D eigenvalue weighted by molar-refractivity contribution is 5.97. The molecule has 0 saturated carbocycles. The van der Waals surface area contributed by atoms with E-state index in [1.165, 1.54) is 0 Å². The van der Waals surface area contributed by atoms with Crippen molar-refractivity contribution >= 4 is 11.6 Å². The van der Waals surface area contributed by atoms with Crippen molar-refractivity contribution in [2.24, 2.45) is 5.92 Å². The van der Waals surface area contributed by atoms with Crippen molar-refractivity contribution in [3.63, 3.8) is 0 Å². The number of nitrogens with one attached hydrogen (secondary N) is 2. The van der Waals surface area contributed by atoms with E-state index >= 15 is 0 Å². The SMILES string of the molecule is Cc1[nH]nc(C(=O)NCC2CCN(C(C)C)C2)c1N. The Labute approximate surface area is 113 Å². The molecule has 0 aliphatic carbocycles. The molecule has 2 heterocycles. The minimum absolute atomic E-state index is 0.190. The summed E-state index contributed by atoms with van der Waals surface area (Å²) >= 11 is 0. The van der Waals surface area contributed by atoms with Gasteiger partial charge in [0.15, 0.2) is 5.69 Å². The first kappa shape index (κ1) is 13.9. The molecule has 1 aromatic rings. The molecule has 1 fully saturated rings. The molecule has 1 amide bonds. The molecule has 19 heavy (non-hydrogen) atoms. The van der Waals surface area contributed by atoms with Gasteiger partial charge in [-0.05, 0) is 39.7 Å². The van der Waals surface area contributed by atoms with Gasteiger partial charge in [-0.2, -0.15) is 5.10 Å². The molecular weight excluding hydrogens is 242 g/mol. The number of anilines is 1. The molecule has 1 aliphatic rings. The second kappa shape index (κ2) is 5.61. The summed E-state index contributed by atoms with van der Waals surface area (Å²) in [5.74, 6) is 0.331. The number of likely N-dealkylation sites (tertiary alicyclic amines) is 1. The third kappa shape index (κ3) is 3.07. The van der Waals surface area contributed by atoms with Crippen molar-refractivity contribution in [3.05, 3.63) is 11.4 Å². The lowest BCUT2D eigenvalue weighted by Gasteiger charge is -2.20. The molecule has 0 radical (unpaired) electrons. The van der Waals surface area contributed by atoms with E-state index in [0.29, 0.717) is 29.9 Å². The van der Waals surface area contributed by atoms with Crippen LogP contribution in [0.1, 0.15) is 36.5 Å². The van der Waals surface area contributed by atoms with E-state index in [0.717, 1.165) is 25.2 Å². The number of hydrogen-bond donors (Lipinski definition) is 3. The summed E-state index contributed by atoms with van der Waals surface area (Å²) in [5.41, 5.74) is 7.26. The maximum atomic E-state index is 12.0. The van der Waals surface area contributed by atoms with Gasteiger partial charge < -0.3 is 16.0 Å². The highest BCUT2D eigenvalue weighted by Gasteiger charge is 2.25. The molecule has 1 atom stereocenters. The Morgan fingerprint density at radius 1 is 1.63 bits per heavy atom. The van der Waals surface area contributed by atoms with Gasteiger partial charge in [0.05, 0.1) is 11.4 Å². The van der Waals surface area contributed by atoms with Crippen LogP contribution in [0.5, 0.6) is 0 Å². The van der Waals surface area contributed by atoms with Crippen LogP contribution in [-0.2, 0) is 0 Å². The topological polar surface area (TPSA) is 87.0 Å². The fourth-order valence-electron chi connectivity index (χ4n) is 2.43. The van der Waals surface area contributed by atoms with Crippen molar-refractivity contribution < 1.29 is 4.79 Å². The van der Waals surface area contributed by atoms with Crippen molar-refractivity contribution in [1.29, 1.82) is 0 Å². The first-order valence-electron chi connectivity index (χ1n) is 6.81. The number of hydrogen-bond acceptors (Lipinski definition) is 4. The molecule has 0 bridgehead atoms. The Morgan fingerprint density at radius 2 is 2.37 bits per heavy atom. The van der Waals surface area contributed by atoms with Gasteiger partial charge >= 0.3 is 0 Å². The third-order valence-corrected chi connectivity index (χ3v) is 3.81. The lowest BCUT2D eigenvalue weighted by Crippen LogP contribution is -2.33. The smallest absolute Gasteiger partial charge is 0.273 e. The number of rotatable bonds is 4. The van der Waals surface area contributed by atoms with Gasteiger partial charge in [0.2, 0.25) is 0 Å². The van der Waals surface area contributed by atoms with Crippen LogP contribution < -0.4 is 11.1 Å². The van der Waals surface area contributed by atoms with Crippen LogP contribution >= 0.6 is 0 Å². The number of nitrogens with two attached hydrogens (primary N) is 1. The zero-order valence-corrected chi connectivity index (χ0v) is 11.9. The number of H-pyrrole nitrogens is 1. The maximum Gasteiger partial charge on any atom is 0.273 e. The van der Waals surface area contributed by atoms with Gasteiger partial charge in [-0.15, -0.1) is 0 Å². The lowest BCUT2D eigenvalue weighted by atomic mass is 10.1. The van der Waals surface area contributed by atoms with Crippen LogP contribution in [0.25, 0.3) is 0 Å². The fourth-order valence-corrected chi connectivity index (χ4v) is 2.43. The number of carbonyl (C=O) groups is 1. The highest BCUT2D eigenvalue weighted by atomic mass is 16.1. The van der Waals surface area contributed by atoms with Crippen molar-refractivity contribution in [2.45, 2.75) is 33.2 Å². The van der Waals surface area contributed by atoms with Gasteiger partial charge in [0.25, 0.3) is 5.91 Å². The van der Waals surface area contributed by atoms with Crippen molar-refractivity contribution in [2.75, 3.05) is 25.4 Å². The van der Waals surface area contributed by atoms with E-state index in [-0.39, 0.29) is 5.91 Å². The standard InChI is InChI=1S/C13H23N5O/c1-8(2)18-5-4-10(7-18)6-15-13(19)12-11(14)9(3)16-17-12/h8,10H,4-7,14H2,1-3H3,(H,15,19)(H,16,17). The minimum Gasteiger partial charge on any atom is -0.395 e. The summed E-state index contributed by atoms with van der Waals surface area (Å²) in [6, 6.07) is 0.574. The number of amides is 1. The first-order chi connectivity index (χ1) is 8.99. The monoisotopic (exact) mass is 265 g/mol. The number of carbonyl (C=O) groups excluding carboxylic acids is 1. The summed E-state index contributed by atoms with van der Waals surface area (Å²) in [5, 5.41) is 9.58. The fraction of sp³-hybridized carbons (Fsp3) is 0.692. The van der Waals surface area contributed by atoms with E-state index in [2.05, 4.69) is 34.3 Å². The summed E-state index contributed by atoms with van der Waals surface area (Å²) in [6.45, 7) is 9.06. The number of aromatic amines is 1. The molecular formula is C13H23N5O. The summed E-state index contributed by atoms with van der Waals surface area (Å²) in [4.78, 5) is 14.4. The Morgan fingerprint density at radius 3 is 2.89 bits per heavy atom. The normalized spacial score (nSPS) is 20.1. The molecule has 0 spiro atoms. The van der Waals surface area contributed by atoms with Gasteiger partial charge in [0, 0.05) is 19.1 Å². The molecule has 0 aromatic carbocycles. The second-order valence-electron chi connectivity index (χ2n) is 5.56. The molecule has 1 aromatic heterocycles. The van der Waals surface area contributed by atoms with Crippen molar-refractivity contribution in [1.82, 2.24) is 20.4 Å². The Kier molecular flexibility index (Phi) is 4.09. The average molecular weight is 265 g/mol. The van der Waals surface area contributed by atoms with Crippen LogP contribution in [0.3, 0.4) is 0 Å². The van der Waals surface area contributed by atoms with E-state index < -0.39 is 0 Å². The predicted molar refractivity (Wildman–Crippen MR) is 74.9 cm³/mol. The second-order valence-corrected chi connectivity index (χ2v) is 5.56. The molecule has 2 rings (SSSR count). The van der Waals surface area contributed by atoms with E-state index in [1.54, 1.807) is 6.92 Å². The summed E-state index contributed by atoms with van der Waals surface area (Å²) in [7, 11) is 0. The summed E-state index contributed by atoms with van der Waals surface area (Å²) < 4.78 is 0.